The third kappa shape index (κ3) is 3.68. The first-order valence-electron chi connectivity index (χ1n) is 10.9. The molecule has 0 spiro atoms. The topological polar surface area (TPSA) is 92.7 Å². The molecule has 1 fully saturated rings. The molecular formula is C23H29NO5S. The van der Waals surface area contributed by atoms with Crippen LogP contribution in [-0.4, -0.2) is 29.1 Å². The summed E-state index contributed by atoms with van der Waals surface area (Å²) in [6.07, 6.45) is 8.16. The van der Waals surface area contributed by atoms with Crippen LogP contribution in [0.4, 0.5) is 5.00 Å². The zero-order valence-electron chi connectivity index (χ0n) is 17.6. The Kier molecular flexibility index (Phi) is 5.75. The zero-order valence-corrected chi connectivity index (χ0v) is 18.5. The molecule has 0 radical (unpaired) electrons. The number of fused-ring (bicyclic) bond motifs is 3. The van der Waals surface area contributed by atoms with Gasteiger partial charge in [-0.25, -0.2) is 4.79 Å². The number of carboxylic acid groups (broad SMARTS) is 1. The lowest BCUT2D eigenvalue weighted by molar-refractivity contribution is -0.146. The molecule has 0 aliphatic heterocycles. The van der Waals surface area contributed by atoms with Crippen LogP contribution in [-0.2, 0) is 27.2 Å². The number of amides is 1. The SMILES string of the molecule is CC[C@H]1CCc2c(sc(NC(=O)[C@@H]3[C@@H](C(=O)O)[C@H]4C=C[C@H]3C4)c2C(=O)OC(C)C)C1. The second-order valence-electron chi connectivity index (χ2n) is 9.01. The van der Waals surface area contributed by atoms with Crippen LogP contribution in [0.25, 0.3) is 0 Å². The number of aliphatic carboxylic acids is 1. The van der Waals surface area contributed by atoms with Gasteiger partial charge in [0.25, 0.3) is 0 Å². The van der Waals surface area contributed by atoms with Gasteiger partial charge in [-0.1, -0.05) is 25.5 Å². The van der Waals surface area contributed by atoms with E-state index in [2.05, 4.69) is 12.2 Å². The Morgan fingerprint density at radius 3 is 2.57 bits per heavy atom. The third-order valence-electron chi connectivity index (χ3n) is 6.78. The van der Waals surface area contributed by atoms with Crippen molar-refractivity contribution >= 4 is 34.2 Å². The molecule has 3 aliphatic rings. The number of anilines is 1. The van der Waals surface area contributed by atoms with Gasteiger partial charge in [-0.15, -0.1) is 11.3 Å². The number of ether oxygens (including phenoxy) is 1. The van der Waals surface area contributed by atoms with Crippen molar-refractivity contribution in [3.05, 3.63) is 28.2 Å². The van der Waals surface area contributed by atoms with Gasteiger partial charge < -0.3 is 15.2 Å². The van der Waals surface area contributed by atoms with Crippen molar-refractivity contribution in [1.29, 1.82) is 0 Å². The molecule has 4 rings (SSSR count). The average Bonchev–Trinajstić information content (AvgIpc) is 3.38. The lowest BCUT2D eigenvalue weighted by Gasteiger charge is -2.23. The molecule has 2 N–H and O–H groups in total. The first-order valence-corrected chi connectivity index (χ1v) is 11.7. The highest BCUT2D eigenvalue weighted by Crippen LogP contribution is 2.49. The van der Waals surface area contributed by atoms with Gasteiger partial charge in [0.1, 0.15) is 5.00 Å². The van der Waals surface area contributed by atoms with Crippen LogP contribution in [0.5, 0.6) is 0 Å². The summed E-state index contributed by atoms with van der Waals surface area (Å²) in [7, 11) is 0. The maximum absolute atomic E-state index is 13.2. The highest BCUT2D eigenvalue weighted by molar-refractivity contribution is 7.17. The van der Waals surface area contributed by atoms with Crippen molar-refractivity contribution in [2.45, 2.75) is 59.0 Å². The van der Waals surface area contributed by atoms with Crippen molar-refractivity contribution in [2.24, 2.45) is 29.6 Å². The van der Waals surface area contributed by atoms with E-state index in [9.17, 15) is 19.5 Å². The molecule has 30 heavy (non-hydrogen) atoms. The summed E-state index contributed by atoms with van der Waals surface area (Å²) in [5.41, 5.74) is 1.46. The monoisotopic (exact) mass is 431 g/mol. The molecule has 0 saturated heterocycles. The maximum Gasteiger partial charge on any atom is 0.341 e. The largest absolute Gasteiger partial charge is 0.481 e. The predicted molar refractivity (Wildman–Crippen MR) is 115 cm³/mol. The van der Waals surface area contributed by atoms with E-state index in [-0.39, 0.29) is 23.8 Å². The number of nitrogens with one attached hydrogen (secondary N) is 1. The molecule has 1 heterocycles. The van der Waals surface area contributed by atoms with E-state index >= 15 is 0 Å². The molecule has 162 valence electrons. The van der Waals surface area contributed by atoms with Crippen molar-refractivity contribution in [1.82, 2.24) is 0 Å². The van der Waals surface area contributed by atoms with Crippen LogP contribution in [0.15, 0.2) is 12.2 Å². The second kappa shape index (κ2) is 8.17. The number of carboxylic acids is 1. The summed E-state index contributed by atoms with van der Waals surface area (Å²) in [5.74, 6) is -2.50. The van der Waals surface area contributed by atoms with E-state index in [1.54, 1.807) is 13.8 Å². The Labute approximate surface area is 180 Å². The normalized spacial score (nSPS) is 29.1. The Morgan fingerprint density at radius 1 is 1.23 bits per heavy atom. The van der Waals surface area contributed by atoms with Crippen LogP contribution >= 0.6 is 11.3 Å². The minimum absolute atomic E-state index is 0.0544. The van der Waals surface area contributed by atoms with Crippen LogP contribution < -0.4 is 5.32 Å². The second-order valence-corrected chi connectivity index (χ2v) is 10.1. The molecule has 6 nitrogen and oxygen atoms in total. The number of allylic oxidation sites excluding steroid dienone is 2. The van der Waals surface area contributed by atoms with Gasteiger partial charge in [0, 0.05) is 4.88 Å². The fourth-order valence-corrected chi connectivity index (χ4v) is 6.64. The van der Waals surface area contributed by atoms with Crippen LogP contribution in [0, 0.1) is 29.6 Å². The van der Waals surface area contributed by atoms with Crippen LogP contribution in [0.2, 0.25) is 0 Å². The van der Waals surface area contributed by atoms with Crippen molar-refractivity contribution in [3.63, 3.8) is 0 Å². The highest BCUT2D eigenvalue weighted by Gasteiger charge is 2.52. The Morgan fingerprint density at radius 2 is 1.93 bits per heavy atom. The number of thiophene rings is 1. The summed E-state index contributed by atoms with van der Waals surface area (Å²) < 4.78 is 5.48. The number of carbonyl (C=O) groups is 3. The van der Waals surface area contributed by atoms with Crippen LogP contribution in [0.1, 0.15) is 60.8 Å². The molecule has 2 bridgehead atoms. The minimum Gasteiger partial charge on any atom is -0.481 e. The molecule has 1 amide bonds. The molecular weight excluding hydrogens is 402 g/mol. The number of rotatable bonds is 6. The molecule has 0 unspecified atom stereocenters. The Hall–Kier alpha value is -2.15. The summed E-state index contributed by atoms with van der Waals surface area (Å²) in [6, 6.07) is 0. The zero-order chi connectivity index (χ0) is 21.6. The van der Waals surface area contributed by atoms with Gasteiger partial charge in [0.05, 0.1) is 23.5 Å². The molecule has 1 saturated carbocycles. The summed E-state index contributed by atoms with van der Waals surface area (Å²) >= 11 is 1.46. The first kappa shape index (κ1) is 21.1. The Balaban J connectivity index is 1.64. The Bertz CT molecular complexity index is 902. The van der Waals surface area contributed by atoms with Crippen molar-refractivity contribution in [2.75, 3.05) is 5.32 Å². The molecule has 3 aliphatic carbocycles. The van der Waals surface area contributed by atoms with Gasteiger partial charge in [-0.3, -0.25) is 9.59 Å². The van der Waals surface area contributed by atoms with Gasteiger partial charge in [-0.2, -0.15) is 0 Å². The molecule has 0 aromatic carbocycles. The summed E-state index contributed by atoms with van der Waals surface area (Å²) in [4.78, 5) is 39.0. The lowest BCUT2D eigenvalue weighted by Crippen LogP contribution is -2.36. The van der Waals surface area contributed by atoms with E-state index in [0.717, 1.165) is 36.1 Å². The smallest absolute Gasteiger partial charge is 0.341 e. The van der Waals surface area contributed by atoms with Gasteiger partial charge in [0.15, 0.2) is 0 Å². The average molecular weight is 432 g/mol. The summed E-state index contributed by atoms with van der Waals surface area (Å²) in [5, 5.41) is 13.1. The minimum atomic E-state index is -0.928. The van der Waals surface area contributed by atoms with Crippen molar-refractivity contribution < 1.29 is 24.2 Å². The van der Waals surface area contributed by atoms with E-state index in [4.69, 9.17) is 4.74 Å². The standard InChI is InChI=1S/C23H29NO5S/c1-4-12-5-8-15-16(9-12)30-21(19(15)23(28)29-11(2)3)24-20(25)17-13-6-7-14(10-13)18(17)22(26)27/h6-7,11-14,17-18H,4-5,8-10H2,1-3H3,(H,24,25)(H,26,27)/t12-,13-,14-,17-,18-/m0/s1. The van der Waals surface area contributed by atoms with E-state index in [1.807, 2.05) is 12.2 Å². The maximum atomic E-state index is 13.2. The van der Waals surface area contributed by atoms with Gasteiger partial charge >= 0.3 is 11.9 Å². The van der Waals surface area contributed by atoms with Gasteiger partial charge in [0.2, 0.25) is 5.91 Å². The molecule has 5 atom stereocenters. The third-order valence-corrected chi connectivity index (χ3v) is 7.95. The molecule has 1 aromatic rings. The first-order chi connectivity index (χ1) is 14.3. The van der Waals surface area contributed by atoms with Crippen molar-refractivity contribution in [3.8, 4) is 0 Å². The number of esters is 1. The van der Waals surface area contributed by atoms with E-state index in [0.29, 0.717) is 22.9 Å². The molecule has 1 aromatic heterocycles. The number of hydrogen-bond donors (Lipinski definition) is 2. The fraction of sp³-hybridized carbons (Fsp3) is 0.609. The highest BCUT2D eigenvalue weighted by atomic mass is 32.1. The van der Waals surface area contributed by atoms with Crippen LogP contribution in [0.3, 0.4) is 0 Å². The quantitative estimate of drug-likeness (QED) is 0.518. The van der Waals surface area contributed by atoms with E-state index in [1.165, 1.54) is 11.3 Å². The van der Waals surface area contributed by atoms with Gasteiger partial charge in [-0.05, 0) is 62.8 Å². The summed E-state index contributed by atoms with van der Waals surface area (Å²) in [6.45, 7) is 5.79. The molecule has 7 heteroatoms. The van der Waals surface area contributed by atoms with E-state index < -0.39 is 23.8 Å². The number of carbonyl (C=O) groups excluding carboxylic acids is 2. The fourth-order valence-electron chi connectivity index (χ4n) is 5.29. The predicted octanol–water partition coefficient (Wildman–Crippen LogP) is 4.29. The lowest BCUT2D eigenvalue weighted by atomic mass is 9.82. The number of hydrogen-bond acceptors (Lipinski definition) is 5.